The number of anilines is 3. The van der Waals surface area contributed by atoms with E-state index in [0.717, 1.165) is 17.0 Å². The molecule has 0 aliphatic heterocycles. The number of benzene rings is 3. The number of hydrogen-bond acceptors (Lipinski definition) is 5. The molecule has 6 nitrogen and oxygen atoms in total. The van der Waals surface area contributed by atoms with Crippen molar-refractivity contribution in [2.45, 2.75) is 6.61 Å². The second-order valence-electron chi connectivity index (χ2n) is 6.53. The largest absolute Gasteiger partial charge is 0.489 e. The molecule has 1 heterocycles. The lowest BCUT2D eigenvalue weighted by molar-refractivity contribution is 0.102. The Kier molecular flexibility index (Phi) is 5.96. The molecule has 0 saturated heterocycles. The van der Waals surface area contributed by atoms with Crippen molar-refractivity contribution in [3.05, 3.63) is 109 Å². The van der Waals surface area contributed by atoms with Gasteiger partial charge in [0, 0.05) is 17.4 Å². The van der Waals surface area contributed by atoms with E-state index in [4.69, 9.17) is 4.74 Å². The Labute approximate surface area is 174 Å². The van der Waals surface area contributed by atoms with Crippen molar-refractivity contribution >= 4 is 23.1 Å². The molecular weight excluding hydrogens is 376 g/mol. The van der Waals surface area contributed by atoms with E-state index < -0.39 is 0 Å². The van der Waals surface area contributed by atoms with Crippen LogP contribution < -0.4 is 15.4 Å². The maximum absolute atomic E-state index is 12.6. The molecular formula is C24H20N4O2. The number of nitrogens with zero attached hydrogens (tertiary/aromatic N) is 2. The van der Waals surface area contributed by atoms with E-state index >= 15 is 0 Å². The van der Waals surface area contributed by atoms with Gasteiger partial charge in [0.15, 0.2) is 0 Å². The van der Waals surface area contributed by atoms with Gasteiger partial charge in [-0.15, -0.1) is 0 Å². The third-order valence-corrected chi connectivity index (χ3v) is 4.31. The molecule has 3 aromatic carbocycles. The molecule has 0 saturated carbocycles. The lowest BCUT2D eigenvalue weighted by Gasteiger charge is -2.09. The van der Waals surface area contributed by atoms with Crippen molar-refractivity contribution < 1.29 is 9.53 Å². The highest BCUT2D eigenvalue weighted by molar-refractivity contribution is 6.03. The van der Waals surface area contributed by atoms with Gasteiger partial charge in [-0.05, 0) is 42.0 Å². The van der Waals surface area contributed by atoms with Crippen LogP contribution in [0.1, 0.15) is 16.1 Å². The Bertz CT molecular complexity index is 1100. The number of para-hydroxylation sites is 1. The molecule has 0 radical (unpaired) electrons. The van der Waals surface area contributed by atoms with Crippen LogP contribution >= 0.6 is 0 Å². The Hall–Kier alpha value is -4.19. The first-order valence-corrected chi connectivity index (χ1v) is 9.48. The van der Waals surface area contributed by atoms with Crippen LogP contribution in [0.2, 0.25) is 0 Å². The van der Waals surface area contributed by atoms with Gasteiger partial charge in [0.05, 0.1) is 0 Å². The summed E-state index contributed by atoms with van der Waals surface area (Å²) in [6.45, 7) is 0.491. The predicted octanol–water partition coefficient (Wildman–Crippen LogP) is 5.05. The molecule has 0 spiro atoms. The van der Waals surface area contributed by atoms with Gasteiger partial charge in [-0.1, -0.05) is 48.5 Å². The summed E-state index contributed by atoms with van der Waals surface area (Å²) >= 11 is 0. The molecule has 0 aliphatic rings. The van der Waals surface area contributed by atoms with Crippen LogP contribution in [0.25, 0.3) is 0 Å². The first-order valence-electron chi connectivity index (χ1n) is 9.48. The third kappa shape index (κ3) is 5.20. The van der Waals surface area contributed by atoms with Gasteiger partial charge < -0.3 is 15.4 Å². The number of hydrogen-bond donors (Lipinski definition) is 2. The first-order chi connectivity index (χ1) is 14.8. The van der Waals surface area contributed by atoms with Crippen LogP contribution in [0.3, 0.4) is 0 Å². The third-order valence-electron chi connectivity index (χ3n) is 4.31. The fourth-order valence-electron chi connectivity index (χ4n) is 2.79. The lowest BCUT2D eigenvalue weighted by Crippen LogP contribution is -2.14. The molecule has 4 aromatic rings. The van der Waals surface area contributed by atoms with E-state index in [2.05, 4.69) is 20.6 Å². The van der Waals surface area contributed by atoms with Crippen LogP contribution in [0.4, 0.5) is 17.2 Å². The smallest absolute Gasteiger partial charge is 0.274 e. The zero-order chi connectivity index (χ0) is 20.6. The fourth-order valence-corrected chi connectivity index (χ4v) is 2.79. The van der Waals surface area contributed by atoms with Crippen LogP contribution in [-0.2, 0) is 6.61 Å². The number of carbonyl (C=O) groups excluding carboxylic acids is 1. The van der Waals surface area contributed by atoms with Crippen molar-refractivity contribution in [2.24, 2.45) is 0 Å². The van der Waals surface area contributed by atoms with Crippen LogP contribution in [0.15, 0.2) is 97.3 Å². The normalized spacial score (nSPS) is 10.3. The zero-order valence-electron chi connectivity index (χ0n) is 16.2. The van der Waals surface area contributed by atoms with Gasteiger partial charge >= 0.3 is 0 Å². The Morgan fingerprint density at radius 3 is 2.23 bits per heavy atom. The second-order valence-corrected chi connectivity index (χ2v) is 6.53. The summed E-state index contributed by atoms with van der Waals surface area (Å²) in [5.74, 6) is 0.964. The molecule has 4 rings (SSSR count). The predicted molar refractivity (Wildman–Crippen MR) is 117 cm³/mol. The molecule has 0 aliphatic carbocycles. The van der Waals surface area contributed by atoms with E-state index in [1.54, 1.807) is 18.2 Å². The quantitative estimate of drug-likeness (QED) is 0.457. The van der Waals surface area contributed by atoms with Gasteiger partial charge in [-0.3, -0.25) is 4.79 Å². The van der Waals surface area contributed by atoms with Crippen LogP contribution in [-0.4, -0.2) is 15.9 Å². The second kappa shape index (κ2) is 9.34. The Morgan fingerprint density at radius 1 is 0.800 bits per heavy atom. The summed E-state index contributed by atoms with van der Waals surface area (Å²) in [7, 11) is 0. The number of aromatic nitrogens is 2. The molecule has 0 atom stereocenters. The molecule has 0 unspecified atom stereocenters. The van der Waals surface area contributed by atoms with E-state index in [0.29, 0.717) is 18.1 Å². The van der Waals surface area contributed by atoms with Gasteiger partial charge in [0.2, 0.25) is 0 Å². The first kappa shape index (κ1) is 19.1. The standard InChI is InChI=1S/C24H20N4O2/c29-24(22-15-23(26-17-25-22)27-19-9-5-2-6-10-19)28-20-11-13-21(14-12-20)30-16-18-7-3-1-4-8-18/h1-15,17H,16H2,(H,28,29)(H,25,26,27). The number of amides is 1. The zero-order valence-corrected chi connectivity index (χ0v) is 16.2. The van der Waals surface area contributed by atoms with Crippen molar-refractivity contribution in [1.29, 1.82) is 0 Å². The Balaban J connectivity index is 1.36. The molecule has 30 heavy (non-hydrogen) atoms. The molecule has 1 amide bonds. The molecule has 6 heteroatoms. The maximum atomic E-state index is 12.6. The highest BCUT2D eigenvalue weighted by Gasteiger charge is 2.10. The Morgan fingerprint density at radius 2 is 1.50 bits per heavy atom. The van der Waals surface area contributed by atoms with Crippen molar-refractivity contribution in [3.8, 4) is 5.75 Å². The number of nitrogens with one attached hydrogen (secondary N) is 2. The highest BCUT2D eigenvalue weighted by Crippen LogP contribution is 2.18. The highest BCUT2D eigenvalue weighted by atomic mass is 16.5. The minimum absolute atomic E-state index is 0.271. The average molecular weight is 396 g/mol. The van der Waals surface area contributed by atoms with E-state index in [1.165, 1.54) is 6.33 Å². The summed E-state index contributed by atoms with van der Waals surface area (Å²) in [5.41, 5.74) is 2.91. The summed E-state index contributed by atoms with van der Waals surface area (Å²) in [6, 6.07) is 28.4. The monoisotopic (exact) mass is 396 g/mol. The van der Waals surface area contributed by atoms with Crippen LogP contribution in [0.5, 0.6) is 5.75 Å². The molecule has 2 N–H and O–H groups in total. The number of rotatable bonds is 7. The fraction of sp³-hybridized carbons (Fsp3) is 0.0417. The topological polar surface area (TPSA) is 76.1 Å². The molecule has 1 aromatic heterocycles. The summed E-state index contributed by atoms with van der Waals surface area (Å²) in [6.07, 6.45) is 1.36. The molecule has 0 fully saturated rings. The molecule has 148 valence electrons. The van der Waals surface area contributed by atoms with E-state index in [1.807, 2.05) is 72.8 Å². The average Bonchev–Trinajstić information content (AvgIpc) is 2.80. The van der Waals surface area contributed by atoms with Gasteiger partial charge in [0.25, 0.3) is 5.91 Å². The van der Waals surface area contributed by atoms with Crippen molar-refractivity contribution in [3.63, 3.8) is 0 Å². The van der Waals surface area contributed by atoms with Crippen molar-refractivity contribution in [2.75, 3.05) is 10.6 Å². The van der Waals surface area contributed by atoms with Gasteiger partial charge in [-0.2, -0.15) is 0 Å². The summed E-state index contributed by atoms with van der Waals surface area (Å²) < 4.78 is 5.77. The van der Waals surface area contributed by atoms with Gasteiger partial charge in [0.1, 0.15) is 30.2 Å². The minimum Gasteiger partial charge on any atom is -0.489 e. The minimum atomic E-state index is -0.313. The SMILES string of the molecule is O=C(Nc1ccc(OCc2ccccc2)cc1)c1cc(Nc2ccccc2)ncn1. The summed E-state index contributed by atoms with van der Waals surface area (Å²) in [4.78, 5) is 20.8. The lowest BCUT2D eigenvalue weighted by atomic mass is 10.2. The van der Waals surface area contributed by atoms with E-state index in [-0.39, 0.29) is 11.6 Å². The maximum Gasteiger partial charge on any atom is 0.274 e. The van der Waals surface area contributed by atoms with E-state index in [9.17, 15) is 4.79 Å². The number of carbonyl (C=O) groups is 1. The van der Waals surface area contributed by atoms with Crippen LogP contribution in [0, 0.1) is 0 Å². The van der Waals surface area contributed by atoms with Crippen molar-refractivity contribution in [1.82, 2.24) is 9.97 Å². The molecule has 0 bridgehead atoms. The number of ether oxygens (including phenoxy) is 1. The summed E-state index contributed by atoms with van der Waals surface area (Å²) in [5, 5.41) is 5.99. The van der Waals surface area contributed by atoms with Gasteiger partial charge in [-0.25, -0.2) is 9.97 Å².